The summed E-state index contributed by atoms with van der Waals surface area (Å²) in [5.41, 5.74) is 3.70. The van der Waals surface area contributed by atoms with E-state index in [0.29, 0.717) is 29.0 Å². The van der Waals surface area contributed by atoms with Gasteiger partial charge in [-0.1, -0.05) is 121 Å². The van der Waals surface area contributed by atoms with Gasteiger partial charge >= 0.3 is 12.0 Å². The Morgan fingerprint density at radius 1 is 0.745 bits per heavy atom. The zero-order chi connectivity index (χ0) is 33.0. The number of hydrogen-bond acceptors (Lipinski definition) is 6. The molecule has 2 unspecified atom stereocenters. The van der Waals surface area contributed by atoms with Crippen LogP contribution in [0.5, 0.6) is 5.75 Å². The van der Waals surface area contributed by atoms with E-state index in [1.54, 1.807) is 36.4 Å². The van der Waals surface area contributed by atoms with Crippen LogP contribution in [-0.4, -0.2) is 42.8 Å². The molecule has 5 aromatic carbocycles. The van der Waals surface area contributed by atoms with Crippen LogP contribution in [0, 0.1) is 6.92 Å². The number of benzene rings is 5. The van der Waals surface area contributed by atoms with E-state index >= 15 is 0 Å². The van der Waals surface area contributed by atoms with E-state index < -0.39 is 40.1 Å². The molecule has 0 aromatic heterocycles. The first kappa shape index (κ1) is 31.6. The fourth-order valence-electron chi connectivity index (χ4n) is 5.95. The molecule has 1 heterocycles. The summed E-state index contributed by atoms with van der Waals surface area (Å²) in [7, 11) is -3.22. The predicted molar refractivity (Wildman–Crippen MR) is 178 cm³/mol. The molecule has 9 heteroatoms. The van der Waals surface area contributed by atoms with E-state index in [9.17, 15) is 18.0 Å². The molecule has 1 fully saturated rings. The molecule has 1 aliphatic heterocycles. The minimum absolute atomic E-state index is 0.0642. The van der Waals surface area contributed by atoms with Crippen molar-refractivity contribution in [3.63, 3.8) is 0 Å². The third-order valence-electron chi connectivity index (χ3n) is 8.26. The first-order valence-corrected chi connectivity index (χ1v) is 16.6. The second kappa shape index (κ2) is 13.5. The van der Waals surface area contributed by atoms with Crippen LogP contribution in [0.15, 0.2) is 144 Å². The molecule has 0 bridgehead atoms. The summed E-state index contributed by atoms with van der Waals surface area (Å²) in [4.78, 5) is 29.9. The molecule has 6 rings (SSSR count). The van der Waals surface area contributed by atoms with E-state index in [1.165, 1.54) is 24.1 Å². The number of amides is 2. The summed E-state index contributed by atoms with van der Waals surface area (Å²) >= 11 is 0. The van der Waals surface area contributed by atoms with Gasteiger partial charge in [0, 0.05) is 0 Å². The molecular formula is C38H34N2O6S. The molecule has 0 saturated carbocycles. The Bertz CT molecular complexity index is 1900. The average molecular weight is 647 g/mol. The number of ether oxygens (including phenoxy) is 2. The largest absolute Gasteiger partial charge is 0.489 e. The summed E-state index contributed by atoms with van der Waals surface area (Å²) in [6, 6.07) is 37.0. The SMILES string of the molecule is COC(=O)C1C(c2ccc(OCc3ccccc3)cc2)N(S(=O)(=O)c2ccc(C)cc2)C(=O)N1C(c1ccccc1)c1ccccc1. The highest BCUT2D eigenvalue weighted by molar-refractivity contribution is 7.89. The van der Waals surface area contributed by atoms with E-state index in [1.807, 2.05) is 97.9 Å². The normalized spacial score (nSPS) is 16.4. The van der Waals surface area contributed by atoms with Crippen molar-refractivity contribution >= 4 is 22.0 Å². The van der Waals surface area contributed by atoms with Gasteiger partial charge in [0.2, 0.25) is 0 Å². The fraction of sp³-hybridized carbons (Fsp3) is 0.158. The van der Waals surface area contributed by atoms with Gasteiger partial charge in [-0.3, -0.25) is 4.90 Å². The van der Waals surface area contributed by atoms with Crippen LogP contribution in [0.2, 0.25) is 0 Å². The van der Waals surface area contributed by atoms with Gasteiger partial charge in [0.15, 0.2) is 6.04 Å². The van der Waals surface area contributed by atoms with Gasteiger partial charge in [0.05, 0.1) is 18.0 Å². The molecular weight excluding hydrogens is 612 g/mol. The van der Waals surface area contributed by atoms with Gasteiger partial charge in [-0.25, -0.2) is 22.3 Å². The number of hydrogen-bond donors (Lipinski definition) is 0. The minimum Gasteiger partial charge on any atom is -0.489 e. The maximum atomic E-state index is 14.8. The van der Waals surface area contributed by atoms with E-state index in [0.717, 1.165) is 15.4 Å². The van der Waals surface area contributed by atoms with E-state index in [4.69, 9.17) is 9.47 Å². The number of carbonyl (C=O) groups excluding carboxylic acids is 2. The van der Waals surface area contributed by atoms with E-state index in [2.05, 4.69) is 0 Å². The highest BCUT2D eigenvalue weighted by Crippen LogP contribution is 2.46. The number of carbonyl (C=O) groups is 2. The van der Waals surface area contributed by atoms with Crippen LogP contribution in [0.4, 0.5) is 4.79 Å². The highest BCUT2D eigenvalue weighted by atomic mass is 32.2. The second-order valence-corrected chi connectivity index (χ2v) is 13.1. The third-order valence-corrected chi connectivity index (χ3v) is 10.0. The Morgan fingerprint density at radius 2 is 1.28 bits per heavy atom. The van der Waals surface area contributed by atoms with Crippen molar-refractivity contribution < 1.29 is 27.5 Å². The molecule has 47 heavy (non-hydrogen) atoms. The summed E-state index contributed by atoms with van der Waals surface area (Å²) in [6.07, 6.45) is 0. The number of urea groups is 1. The quantitative estimate of drug-likeness (QED) is 0.151. The first-order valence-electron chi connectivity index (χ1n) is 15.2. The van der Waals surface area contributed by atoms with E-state index in [-0.39, 0.29) is 4.90 Å². The number of esters is 1. The fourth-order valence-corrected chi connectivity index (χ4v) is 7.49. The van der Waals surface area contributed by atoms with Crippen molar-refractivity contribution in [3.05, 3.63) is 167 Å². The average Bonchev–Trinajstić information content (AvgIpc) is 3.42. The molecule has 0 N–H and O–H groups in total. The van der Waals surface area contributed by atoms with Crippen molar-refractivity contribution in [1.82, 2.24) is 9.21 Å². The van der Waals surface area contributed by atoms with Crippen LogP contribution >= 0.6 is 0 Å². The molecule has 238 valence electrons. The van der Waals surface area contributed by atoms with Gasteiger partial charge in [-0.2, -0.15) is 0 Å². The van der Waals surface area contributed by atoms with Gasteiger partial charge in [-0.15, -0.1) is 0 Å². The summed E-state index contributed by atoms with van der Waals surface area (Å²) < 4.78 is 41.0. The zero-order valence-corrected chi connectivity index (χ0v) is 26.8. The molecule has 0 spiro atoms. The first-order chi connectivity index (χ1) is 22.8. The maximum absolute atomic E-state index is 14.8. The highest BCUT2D eigenvalue weighted by Gasteiger charge is 2.58. The minimum atomic E-state index is -4.46. The summed E-state index contributed by atoms with van der Waals surface area (Å²) in [5.74, 6) is -0.195. The predicted octanol–water partition coefficient (Wildman–Crippen LogP) is 7.07. The number of rotatable bonds is 10. The molecule has 8 nitrogen and oxygen atoms in total. The standard InChI is InChI=1S/C38H34N2O6S/c1-27-18-24-33(25-19-27)47(43,44)40-35(31-20-22-32(23-21-31)46-26-28-12-6-3-7-13-28)36(37(41)45-2)39(38(40)42)34(29-14-8-4-9-15-29)30-16-10-5-11-17-30/h3-25,34-36H,26H2,1-2H3. The number of aryl methyl sites for hydroxylation is 1. The molecule has 5 aromatic rings. The topological polar surface area (TPSA) is 93.2 Å². The lowest BCUT2D eigenvalue weighted by molar-refractivity contribution is -0.146. The third kappa shape index (κ3) is 6.35. The number of methoxy groups -OCH3 is 1. The Kier molecular flexibility index (Phi) is 9.08. The monoisotopic (exact) mass is 646 g/mol. The molecule has 2 atom stereocenters. The van der Waals surface area contributed by atoms with Gasteiger partial charge in [0.25, 0.3) is 10.0 Å². The molecule has 2 amide bonds. The lowest BCUT2D eigenvalue weighted by Gasteiger charge is -2.32. The van der Waals surface area contributed by atoms with Crippen molar-refractivity contribution in [1.29, 1.82) is 0 Å². The lowest BCUT2D eigenvalue weighted by atomic mass is 9.93. The summed E-state index contributed by atoms with van der Waals surface area (Å²) in [6.45, 7) is 2.19. The van der Waals surface area contributed by atoms with Crippen molar-refractivity contribution in [2.24, 2.45) is 0 Å². The second-order valence-electron chi connectivity index (χ2n) is 11.3. The molecule has 1 aliphatic rings. The number of sulfonamides is 1. The van der Waals surface area contributed by atoms with Crippen LogP contribution in [0.1, 0.15) is 39.9 Å². The van der Waals surface area contributed by atoms with Crippen molar-refractivity contribution in [2.75, 3.05) is 7.11 Å². The van der Waals surface area contributed by atoms with Crippen LogP contribution in [0.25, 0.3) is 0 Å². The summed E-state index contributed by atoms with van der Waals surface area (Å²) in [5, 5.41) is 0. The van der Waals surface area contributed by atoms with Gasteiger partial charge in [-0.05, 0) is 53.4 Å². The molecule has 0 radical (unpaired) electrons. The Labute approximate surface area is 274 Å². The molecule has 1 saturated heterocycles. The Morgan fingerprint density at radius 3 is 1.81 bits per heavy atom. The van der Waals surface area contributed by atoms with Gasteiger partial charge in [0.1, 0.15) is 18.4 Å². The zero-order valence-electron chi connectivity index (χ0n) is 26.0. The smallest absolute Gasteiger partial charge is 0.336 e. The van der Waals surface area contributed by atoms with Crippen LogP contribution in [0.3, 0.4) is 0 Å². The number of nitrogens with zero attached hydrogens (tertiary/aromatic N) is 2. The van der Waals surface area contributed by atoms with Crippen molar-refractivity contribution in [2.45, 2.75) is 36.6 Å². The Balaban J connectivity index is 1.50. The molecule has 0 aliphatic carbocycles. The lowest BCUT2D eigenvalue weighted by Crippen LogP contribution is -2.43. The van der Waals surface area contributed by atoms with Crippen molar-refractivity contribution in [3.8, 4) is 5.75 Å². The Hall–Kier alpha value is -5.41. The van der Waals surface area contributed by atoms with Crippen LogP contribution in [-0.2, 0) is 26.2 Å². The maximum Gasteiger partial charge on any atom is 0.336 e. The van der Waals surface area contributed by atoms with Crippen LogP contribution < -0.4 is 4.74 Å². The van der Waals surface area contributed by atoms with Gasteiger partial charge < -0.3 is 9.47 Å².